The second-order valence-corrected chi connectivity index (χ2v) is 8.19. The number of carbonyl (C=O) groups is 2. The smallest absolute Gasteiger partial charge is 0.249 e. The van der Waals surface area contributed by atoms with Gasteiger partial charge in [0, 0.05) is 31.7 Å². The fourth-order valence-electron chi connectivity index (χ4n) is 3.39. The first-order valence-electron chi connectivity index (χ1n) is 9.88. The van der Waals surface area contributed by atoms with Gasteiger partial charge in [-0.2, -0.15) is 0 Å². The van der Waals surface area contributed by atoms with E-state index in [1.807, 2.05) is 52.7 Å². The SMILES string of the molecule is COCC(=O)N(CC(=O)N(Cc1ccccc1)Cc1cccs1)CC1CCCO1. The Morgan fingerprint density at radius 3 is 2.59 bits per heavy atom. The quantitative estimate of drug-likeness (QED) is 0.598. The molecule has 0 saturated carbocycles. The first kappa shape index (κ1) is 21.5. The molecule has 2 aromatic rings. The lowest BCUT2D eigenvalue weighted by molar-refractivity contribution is -0.144. The molecule has 1 unspecified atom stereocenters. The van der Waals surface area contributed by atoms with Crippen LogP contribution < -0.4 is 0 Å². The highest BCUT2D eigenvalue weighted by molar-refractivity contribution is 7.09. The molecule has 0 spiro atoms. The molecule has 2 amide bonds. The van der Waals surface area contributed by atoms with Gasteiger partial charge in [-0.25, -0.2) is 0 Å². The Morgan fingerprint density at radius 2 is 1.93 bits per heavy atom. The van der Waals surface area contributed by atoms with Crippen molar-refractivity contribution in [1.29, 1.82) is 0 Å². The van der Waals surface area contributed by atoms with E-state index >= 15 is 0 Å². The number of rotatable bonds is 10. The monoisotopic (exact) mass is 416 g/mol. The summed E-state index contributed by atoms with van der Waals surface area (Å²) in [7, 11) is 1.49. The first-order valence-corrected chi connectivity index (χ1v) is 10.8. The molecule has 1 aliphatic heterocycles. The molecule has 0 N–H and O–H groups in total. The highest BCUT2D eigenvalue weighted by atomic mass is 32.1. The van der Waals surface area contributed by atoms with Crippen LogP contribution in [0.1, 0.15) is 23.3 Å². The molecule has 6 nitrogen and oxygen atoms in total. The predicted molar refractivity (Wildman–Crippen MR) is 112 cm³/mol. The van der Waals surface area contributed by atoms with Gasteiger partial charge in [0.05, 0.1) is 19.2 Å². The van der Waals surface area contributed by atoms with Gasteiger partial charge in [0.1, 0.15) is 6.61 Å². The van der Waals surface area contributed by atoms with E-state index in [0.29, 0.717) is 26.2 Å². The number of thiophene rings is 1. The van der Waals surface area contributed by atoms with Gasteiger partial charge in [-0.15, -0.1) is 11.3 Å². The van der Waals surface area contributed by atoms with Gasteiger partial charge < -0.3 is 19.3 Å². The average Bonchev–Trinajstić information content (AvgIpc) is 3.42. The summed E-state index contributed by atoms with van der Waals surface area (Å²) >= 11 is 1.62. The zero-order valence-corrected chi connectivity index (χ0v) is 17.6. The molecule has 7 heteroatoms. The van der Waals surface area contributed by atoms with Crippen LogP contribution in [0.15, 0.2) is 47.8 Å². The molecule has 1 aromatic carbocycles. The summed E-state index contributed by atoms with van der Waals surface area (Å²) in [5, 5.41) is 2.01. The molecule has 0 aliphatic carbocycles. The van der Waals surface area contributed by atoms with Gasteiger partial charge in [0.25, 0.3) is 0 Å². The number of carbonyl (C=O) groups excluding carboxylic acids is 2. The van der Waals surface area contributed by atoms with Crippen molar-refractivity contribution in [3.05, 3.63) is 58.3 Å². The molecule has 1 aromatic heterocycles. The van der Waals surface area contributed by atoms with E-state index in [0.717, 1.165) is 23.3 Å². The highest BCUT2D eigenvalue weighted by Gasteiger charge is 2.26. The van der Waals surface area contributed by atoms with E-state index in [9.17, 15) is 9.59 Å². The third-order valence-electron chi connectivity index (χ3n) is 4.89. The fraction of sp³-hybridized carbons (Fsp3) is 0.455. The zero-order chi connectivity index (χ0) is 20.5. The summed E-state index contributed by atoms with van der Waals surface area (Å²) in [6.45, 7) is 2.15. The molecule has 1 saturated heterocycles. The van der Waals surface area contributed by atoms with E-state index in [-0.39, 0.29) is 31.1 Å². The number of benzene rings is 1. The minimum absolute atomic E-state index is 0.0107. The Kier molecular flexibility index (Phi) is 8.22. The van der Waals surface area contributed by atoms with Crippen LogP contribution in [-0.4, -0.2) is 61.1 Å². The van der Waals surface area contributed by atoms with Gasteiger partial charge in [-0.05, 0) is 29.9 Å². The van der Waals surface area contributed by atoms with Gasteiger partial charge in [-0.1, -0.05) is 36.4 Å². The Hall–Kier alpha value is -2.22. The molecule has 3 rings (SSSR count). The summed E-state index contributed by atoms with van der Waals surface area (Å²) < 4.78 is 10.7. The van der Waals surface area contributed by atoms with Crippen molar-refractivity contribution in [3.8, 4) is 0 Å². The Labute approximate surface area is 176 Å². The molecular formula is C22H28N2O4S. The molecule has 1 atom stereocenters. The summed E-state index contributed by atoms with van der Waals surface area (Å²) in [6.07, 6.45) is 1.89. The maximum absolute atomic E-state index is 13.2. The Morgan fingerprint density at radius 1 is 1.10 bits per heavy atom. The van der Waals surface area contributed by atoms with Crippen molar-refractivity contribution in [1.82, 2.24) is 9.80 Å². The second kappa shape index (κ2) is 11.1. The van der Waals surface area contributed by atoms with E-state index in [4.69, 9.17) is 9.47 Å². The average molecular weight is 417 g/mol. The summed E-state index contributed by atoms with van der Waals surface area (Å²) in [4.78, 5) is 30.3. The lowest BCUT2D eigenvalue weighted by Gasteiger charge is -2.29. The first-order chi connectivity index (χ1) is 14.2. The Bertz CT molecular complexity index is 760. The number of methoxy groups -OCH3 is 1. The third-order valence-corrected chi connectivity index (χ3v) is 5.75. The van der Waals surface area contributed by atoms with Crippen molar-refractivity contribution >= 4 is 23.2 Å². The number of hydrogen-bond acceptors (Lipinski definition) is 5. The van der Waals surface area contributed by atoms with E-state index in [2.05, 4.69) is 0 Å². The zero-order valence-electron chi connectivity index (χ0n) is 16.8. The maximum Gasteiger partial charge on any atom is 0.249 e. The van der Waals surface area contributed by atoms with Crippen LogP contribution >= 0.6 is 11.3 Å². The number of nitrogens with zero attached hydrogens (tertiary/aromatic N) is 2. The number of hydrogen-bond donors (Lipinski definition) is 0. The van der Waals surface area contributed by atoms with Gasteiger partial charge >= 0.3 is 0 Å². The van der Waals surface area contributed by atoms with E-state index in [1.54, 1.807) is 16.2 Å². The van der Waals surface area contributed by atoms with Crippen LogP contribution in [0.2, 0.25) is 0 Å². The van der Waals surface area contributed by atoms with Crippen LogP contribution in [0.4, 0.5) is 0 Å². The minimum atomic E-state index is -0.188. The van der Waals surface area contributed by atoms with Gasteiger partial charge in [0.15, 0.2) is 0 Å². The molecule has 2 heterocycles. The second-order valence-electron chi connectivity index (χ2n) is 7.16. The normalized spacial score (nSPS) is 16.0. The van der Waals surface area contributed by atoms with Crippen LogP contribution in [0.3, 0.4) is 0 Å². The standard InChI is InChI=1S/C22H28N2O4S/c1-27-17-22(26)24(14-19-9-5-11-28-19)16-21(25)23(15-20-10-6-12-29-20)13-18-7-3-2-4-8-18/h2-4,6-8,10,12,19H,5,9,11,13-17H2,1H3. The predicted octanol–water partition coefficient (Wildman–Crippen LogP) is 2.93. The molecule has 29 heavy (non-hydrogen) atoms. The fourth-order valence-corrected chi connectivity index (χ4v) is 4.11. The molecule has 0 radical (unpaired) electrons. The van der Waals surface area contributed by atoms with Crippen molar-refractivity contribution in [2.75, 3.05) is 33.4 Å². The van der Waals surface area contributed by atoms with Crippen LogP contribution in [0, 0.1) is 0 Å². The third kappa shape index (κ3) is 6.66. The van der Waals surface area contributed by atoms with Gasteiger partial charge in [0.2, 0.25) is 11.8 Å². The van der Waals surface area contributed by atoms with Crippen molar-refractivity contribution in [2.45, 2.75) is 32.0 Å². The lowest BCUT2D eigenvalue weighted by Crippen LogP contribution is -2.46. The van der Waals surface area contributed by atoms with Crippen molar-refractivity contribution < 1.29 is 19.1 Å². The van der Waals surface area contributed by atoms with Crippen LogP contribution in [-0.2, 0) is 32.2 Å². The van der Waals surface area contributed by atoms with Crippen LogP contribution in [0.25, 0.3) is 0 Å². The maximum atomic E-state index is 13.2. The lowest BCUT2D eigenvalue weighted by atomic mass is 10.2. The number of amides is 2. The van der Waals surface area contributed by atoms with Gasteiger partial charge in [-0.3, -0.25) is 9.59 Å². The van der Waals surface area contributed by atoms with E-state index in [1.165, 1.54) is 7.11 Å². The summed E-state index contributed by atoms with van der Waals surface area (Å²) in [5.41, 5.74) is 1.06. The van der Waals surface area contributed by atoms with E-state index < -0.39 is 0 Å². The highest BCUT2D eigenvalue weighted by Crippen LogP contribution is 2.17. The summed E-state index contributed by atoms with van der Waals surface area (Å²) in [6, 6.07) is 13.9. The van der Waals surface area contributed by atoms with Crippen molar-refractivity contribution in [2.24, 2.45) is 0 Å². The molecular weight excluding hydrogens is 388 g/mol. The molecule has 1 aliphatic rings. The molecule has 156 valence electrons. The molecule has 1 fully saturated rings. The van der Waals surface area contributed by atoms with Crippen LogP contribution in [0.5, 0.6) is 0 Å². The Balaban J connectivity index is 1.71. The summed E-state index contributed by atoms with van der Waals surface area (Å²) in [5.74, 6) is -0.267. The minimum Gasteiger partial charge on any atom is -0.376 e. The molecule has 0 bridgehead atoms. The topological polar surface area (TPSA) is 59.1 Å². The van der Waals surface area contributed by atoms with Crippen molar-refractivity contribution in [3.63, 3.8) is 0 Å². The largest absolute Gasteiger partial charge is 0.376 e. The number of ether oxygens (including phenoxy) is 2.